The third-order valence-electron chi connectivity index (χ3n) is 2.71. The number of rotatable bonds is 3. The number of aromatic nitrogens is 2. The Morgan fingerprint density at radius 3 is 3.19 bits per heavy atom. The van der Waals surface area contributed by atoms with Crippen LogP contribution in [0.2, 0.25) is 0 Å². The van der Waals surface area contributed by atoms with Gasteiger partial charge in [0.05, 0.1) is 18.8 Å². The van der Waals surface area contributed by atoms with Crippen LogP contribution in [0.25, 0.3) is 0 Å². The van der Waals surface area contributed by atoms with Crippen molar-refractivity contribution in [2.45, 2.75) is 18.9 Å². The lowest BCUT2D eigenvalue weighted by Gasteiger charge is -2.24. The summed E-state index contributed by atoms with van der Waals surface area (Å²) in [6.07, 6.45) is 2.83. The Bertz CT molecular complexity index is 375. The zero-order valence-electron chi connectivity index (χ0n) is 8.73. The zero-order chi connectivity index (χ0) is 11.5. The lowest BCUT2D eigenvalue weighted by Crippen LogP contribution is -2.33. The molecule has 0 saturated carbocycles. The van der Waals surface area contributed by atoms with E-state index in [-0.39, 0.29) is 24.4 Å². The Hall–Kier alpha value is -1.47. The Labute approximate surface area is 92.3 Å². The van der Waals surface area contributed by atoms with Gasteiger partial charge in [-0.15, -0.1) is 0 Å². The molecule has 6 nitrogen and oxygen atoms in total. The van der Waals surface area contributed by atoms with Crippen LogP contribution in [0.1, 0.15) is 12.8 Å². The topological polar surface area (TPSA) is 87.3 Å². The first-order valence-electron chi connectivity index (χ1n) is 5.13. The molecule has 0 radical (unpaired) electrons. The summed E-state index contributed by atoms with van der Waals surface area (Å²) in [5.41, 5.74) is 2.27. The lowest BCUT2D eigenvalue weighted by atomic mass is 10.2. The van der Waals surface area contributed by atoms with Crippen LogP contribution in [0, 0.1) is 5.82 Å². The number of nitrogen functional groups attached to an aromatic ring is 1. The van der Waals surface area contributed by atoms with Gasteiger partial charge in [-0.1, -0.05) is 0 Å². The standard InChI is InChI=1S/C9H14FN5O/c10-7-4-12-9(14-11)13-8(7)15-3-1-2-6(15)5-16/h4,6,16H,1-3,5,11H2,(H,12,13,14). The van der Waals surface area contributed by atoms with Gasteiger partial charge in [-0.3, -0.25) is 5.43 Å². The van der Waals surface area contributed by atoms with Crippen molar-refractivity contribution < 1.29 is 9.50 Å². The van der Waals surface area contributed by atoms with Crippen LogP contribution in [-0.4, -0.2) is 34.3 Å². The molecule has 1 aliphatic heterocycles. The summed E-state index contributed by atoms with van der Waals surface area (Å²) in [4.78, 5) is 9.38. The van der Waals surface area contributed by atoms with Crippen molar-refractivity contribution in [3.8, 4) is 0 Å². The van der Waals surface area contributed by atoms with Gasteiger partial charge in [-0.05, 0) is 12.8 Å². The number of hydrazine groups is 1. The highest BCUT2D eigenvalue weighted by Crippen LogP contribution is 2.26. The molecule has 16 heavy (non-hydrogen) atoms. The molecule has 0 amide bonds. The van der Waals surface area contributed by atoms with Gasteiger partial charge in [0.2, 0.25) is 5.95 Å². The van der Waals surface area contributed by atoms with Crippen LogP contribution in [0.5, 0.6) is 0 Å². The van der Waals surface area contributed by atoms with Gasteiger partial charge >= 0.3 is 0 Å². The number of aliphatic hydroxyl groups is 1. The fourth-order valence-electron chi connectivity index (χ4n) is 1.93. The van der Waals surface area contributed by atoms with E-state index in [0.717, 1.165) is 19.0 Å². The number of anilines is 2. The molecule has 2 rings (SSSR count). The van der Waals surface area contributed by atoms with Crippen LogP contribution in [0.3, 0.4) is 0 Å². The molecule has 0 bridgehead atoms. The second-order valence-electron chi connectivity index (χ2n) is 3.68. The van der Waals surface area contributed by atoms with E-state index in [0.29, 0.717) is 6.54 Å². The zero-order valence-corrected chi connectivity index (χ0v) is 8.73. The first kappa shape index (κ1) is 11.0. The molecule has 1 aliphatic rings. The Balaban J connectivity index is 2.31. The maximum Gasteiger partial charge on any atom is 0.239 e. The van der Waals surface area contributed by atoms with Crippen LogP contribution in [0.4, 0.5) is 16.2 Å². The van der Waals surface area contributed by atoms with Crippen molar-refractivity contribution in [1.29, 1.82) is 0 Å². The minimum Gasteiger partial charge on any atom is -0.394 e. The van der Waals surface area contributed by atoms with Crippen LogP contribution in [-0.2, 0) is 0 Å². The second-order valence-corrected chi connectivity index (χ2v) is 3.68. The normalized spacial score (nSPS) is 20.2. The lowest BCUT2D eigenvalue weighted by molar-refractivity contribution is 0.265. The number of nitrogens with two attached hydrogens (primary N) is 1. The van der Waals surface area contributed by atoms with Gasteiger partial charge in [-0.25, -0.2) is 15.2 Å². The fraction of sp³-hybridized carbons (Fsp3) is 0.556. The van der Waals surface area contributed by atoms with Crippen molar-refractivity contribution in [1.82, 2.24) is 9.97 Å². The highest BCUT2D eigenvalue weighted by Gasteiger charge is 2.27. The average molecular weight is 227 g/mol. The molecule has 7 heteroatoms. The molecule has 4 N–H and O–H groups in total. The molecule has 1 atom stereocenters. The molecule has 2 heterocycles. The van der Waals surface area contributed by atoms with E-state index in [1.807, 2.05) is 0 Å². The monoisotopic (exact) mass is 227 g/mol. The molecule has 0 aliphatic carbocycles. The minimum absolute atomic E-state index is 0.00513. The first-order chi connectivity index (χ1) is 7.76. The number of nitrogens with zero attached hydrogens (tertiary/aromatic N) is 3. The summed E-state index contributed by atoms with van der Waals surface area (Å²) >= 11 is 0. The van der Waals surface area contributed by atoms with Gasteiger partial charge in [-0.2, -0.15) is 4.98 Å². The van der Waals surface area contributed by atoms with Crippen molar-refractivity contribution in [2.24, 2.45) is 5.84 Å². The summed E-state index contributed by atoms with van der Waals surface area (Å²) in [5, 5.41) is 9.17. The molecular weight excluding hydrogens is 213 g/mol. The molecule has 1 unspecified atom stereocenters. The van der Waals surface area contributed by atoms with E-state index in [2.05, 4.69) is 15.4 Å². The molecule has 1 saturated heterocycles. The van der Waals surface area contributed by atoms with Crippen molar-refractivity contribution in [2.75, 3.05) is 23.5 Å². The van der Waals surface area contributed by atoms with Gasteiger partial charge in [0, 0.05) is 6.54 Å². The largest absolute Gasteiger partial charge is 0.394 e. The Kier molecular flexibility index (Phi) is 3.16. The van der Waals surface area contributed by atoms with E-state index in [9.17, 15) is 4.39 Å². The molecule has 0 aromatic carbocycles. The smallest absolute Gasteiger partial charge is 0.239 e. The van der Waals surface area contributed by atoms with Gasteiger partial charge in [0.1, 0.15) is 0 Å². The predicted molar refractivity (Wildman–Crippen MR) is 57.3 cm³/mol. The highest BCUT2D eigenvalue weighted by atomic mass is 19.1. The number of nitrogens with one attached hydrogen (secondary N) is 1. The van der Waals surface area contributed by atoms with Crippen LogP contribution < -0.4 is 16.2 Å². The Morgan fingerprint density at radius 2 is 2.50 bits per heavy atom. The number of hydrogen-bond acceptors (Lipinski definition) is 6. The van der Waals surface area contributed by atoms with E-state index < -0.39 is 5.82 Å². The van der Waals surface area contributed by atoms with Gasteiger partial charge in [0.15, 0.2) is 11.6 Å². The molecule has 1 aromatic rings. The van der Waals surface area contributed by atoms with E-state index in [1.165, 1.54) is 0 Å². The van der Waals surface area contributed by atoms with E-state index in [4.69, 9.17) is 10.9 Å². The summed E-state index contributed by atoms with van der Waals surface area (Å²) in [5.74, 6) is 5.03. The fourth-order valence-corrected chi connectivity index (χ4v) is 1.93. The van der Waals surface area contributed by atoms with E-state index in [1.54, 1.807) is 4.90 Å². The molecular formula is C9H14FN5O. The summed E-state index contributed by atoms with van der Waals surface area (Å²) < 4.78 is 13.6. The van der Waals surface area contributed by atoms with Crippen molar-refractivity contribution >= 4 is 11.8 Å². The molecule has 1 aromatic heterocycles. The molecule has 1 fully saturated rings. The van der Waals surface area contributed by atoms with Crippen LogP contribution in [0.15, 0.2) is 6.20 Å². The summed E-state index contributed by atoms with van der Waals surface area (Å²) in [6.45, 7) is 0.679. The quantitative estimate of drug-likeness (QED) is 0.492. The van der Waals surface area contributed by atoms with Gasteiger partial charge < -0.3 is 10.0 Å². The van der Waals surface area contributed by atoms with Crippen LogP contribution >= 0.6 is 0 Å². The third kappa shape index (κ3) is 1.91. The SMILES string of the molecule is NNc1ncc(F)c(N2CCCC2CO)n1. The second kappa shape index (κ2) is 4.58. The average Bonchev–Trinajstić information content (AvgIpc) is 2.77. The Morgan fingerprint density at radius 1 is 1.69 bits per heavy atom. The third-order valence-corrected chi connectivity index (χ3v) is 2.71. The molecule has 0 spiro atoms. The summed E-state index contributed by atoms with van der Waals surface area (Å²) in [6, 6.07) is -0.0741. The summed E-state index contributed by atoms with van der Waals surface area (Å²) in [7, 11) is 0. The van der Waals surface area contributed by atoms with Crippen molar-refractivity contribution in [3.63, 3.8) is 0 Å². The number of hydrogen-bond donors (Lipinski definition) is 3. The maximum absolute atomic E-state index is 13.6. The first-order valence-corrected chi connectivity index (χ1v) is 5.13. The maximum atomic E-state index is 13.6. The van der Waals surface area contributed by atoms with E-state index >= 15 is 0 Å². The molecule has 88 valence electrons. The highest BCUT2D eigenvalue weighted by molar-refractivity contribution is 5.45. The predicted octanol–water partition coefficient (Wildman–Crippen LogP) is -0.138. The van der Waals surface area contributed by atoms with Gasteiger partial charge in [0.25, 0.3) is 0 Å². The number of halogens is 1. The van der Waals surface area contributed by atoms with Crippen molar-refractivity contribution in [3.05, 3.63) is 12.0 Å². The minimum atomic E-state index is -0.501. The number of aliphatic hydroxyl groups excluding tert-OH is 1.